The summed E-state index contributed by atoms with van der Waals surface area (Å²) in [4.78, 5) is 0. The Labute approximate surface area is 98.2 Å². The highest BCUT2D eigenvalue weighted by atomic mass is 16.5. The van der Waals surface area contributed by atoms with E-state index in [1.54, 1.807) is 0 Å². The van der Waals surface area contributed by atoms with Crippen molar-refractivity contribution in [3.8, 4) is 0 Å². The number of rotatable bonds is 2. The van der Waals surface area contributed by atoms with Crippen LogP contribution < -0.4 is 5.06 Å². The van der Waals surface area contributed by atoms with Crippen molar-refractivity contribution in [2.45, 2.75) is 40.2 Å². The molecule has 2 heteroatoms. The average molecular weight is 219 g/mol. The van der Waals surface area contributed by atoms with Crippen molar-refractivity contribution in [2.75, 3.05) is 5.06 Å². The number of allylic oxidation sites excluding steroid dienone is 2. The molecule has 0 unspecified atom stereocenters. The number of anilines is 1. The Morgan fingerprint density at radius 2 is 1.69 bits per heavy atom. The van der Waals surface area contributed by atoms with Gasteiger partial charge in [0, 0.05) is 0 Å². The summed E-state index contributed by atoms with van der Waals surface area (Å²) < 4.78 is 0. The third-order valence-corrected chi connectivity index (χ3v) is 2.64. The summed E-state index contributed by atoms with van der Waals surface area (Å²) in [6, 6.07) is 7.93. The van der Waals surface area contributed by atoms with Crippen LogP contribution in [0, 0.1) is 0 Å². The van der Waals surface area contributed by atoms with Crippen molar-refractivity contribution in [2.24, 2.45) is 0 Å². The Morgan fingerprint density at radius 3 is 2.06 bits per heavy atom. The normalized spacial score (nSPS) is 12.8. The van der Waals surface area contributed by atoms with E-state index in [1.165, 1.54) is 16.2 Å². The van der Waals surface area contributed by atoms with E-state index in [0.717, 1.165) is 5.69 Å². The van der Waals surface area contributed by atoms with E-state index in [-0.39, 0.29) is 5.54 Å². The van der Waals surface area contributed by atoms with Gasteiger partial charge in [-0.25, -0.2) is 0 Å². The molecule has 0 heterocycles. The number of benzene rings is 1. The molecule has 0 saturated heterocycles. The lowest BCUT2D eigenvalue weighted by Gasteiger charge is -2.31. The molecular weight excluding hydrogens is 198 g/mol. The molecule has 0 amide bonds. The smallest absolute Gasteiger partial charge is 0.0640 e. The number of hydroxylamine groups is 1. The Morgan fingerprint density at radius 1 is 1.19 bits per heavy atom. The highest BCUT2D eigenvalue weighted by molar-refractivity contribution is 5.65. The molecule has 1 rings (SSSR count). The van der Waals surface area contributed by atoms with Crippen LogP contribution in [0.15, 0.2) is 30.3 Å². The predicted molar refractivity (Wildman–Crippen MR) is 69.8 cm³/mol. The van der Waals surface area contributed by atoms with Crippen molar-refractivity contribution < 1.29 is 5.21 Å². The monoisotopic (exact) mass is 219 g/mol. The second-order valence-electron chi connectivity index (χ2n) is 5.00. The fourth-order valence-electron chi connectivity index (χ4n) is 1.42. The minimum absolute atomic E-state index is 0.281. The van der Waals surface area contributed by atoms with Gasteiger partial charge in [-0.2, -0.15) is 0 Å². The standard InChI is InChI=1S/C14H21NO/c1-6-11(2)12-7-9-13(10-8-12)15(16)14(3,4)5/h6-10,16H,1-5H3/b11-6-. The zero-order chi connectivity index (χ0) is 12.3. The van der Waals surface area contributed by atoms with Crippen molar-refractivity contribution >= 4 is 11.3 Å². The van der Waals surface area contributed by atoms with Gasteiger partial charge in [0.05, 0.1) is 11.2 Å². The molecule has 0 aliphatic rings. The summed E-state index contributed by atoms with van der Waals surface area (Å²) in [5.74, 6) is 0. The first kappa shape index (κ1) is 12.8. The van der Waals surface area contributed by atoms with E-state index in [1.807, 2.05) is 52.0 Å². The first-order chi connectivity index (χ1) is 7.36. The molecule has 0 fully saturated rings. The molecule has 1 aromatic carbocycles. The minimum atomic E-state index is -0.281. The average Bonchev–Trinajstić information content (AvgIpc) is 2.26. The molecule has 0 aliphatic carbocycles. The summed E-state index contributed by atoms with van der Waals surface area (Å²) in [7, 11) is 0. The first-order valence-corrected chi connectivity index (χ1v) is 5.58. The van der Waals surface area contributed by atoms with Crippen LogP contribution in [0.25, 0.3) is 5.57 Å². The highest BCUT2D eigenvalue weighted by Gasteiger charge is 2.19. The van der Waals surface area contributed by atoms with Gasteiger partial charge >= 0.3 is 0 Å². The molecule has 0 aliphatic heterocycles. The molecule has 0 saturated carbocycles. The lowest BCUT2D eigenvalue weighted by molar-refractivity contribution is 0.181. The van der Waals surface area contributed by atoms with Crippen LogP contribution in [0.1, 0.15) is 40.2 Å². The van der Waals surface area contributed by atoms with Crippen LogP contribution in [-0.4, -0.2) is 10.7 Å². The Hall–Kier alpha value is -1.28. The molecular formula is C14H21NO. The highest BCUT2D eigenvalue weighted by Crippen LogP contribution is 2.23. The van der Waals surface area contributed by atoms with Gasteiger partial charge in [0.2, 0.25) is 0 Å². The lowest BCUT2D eigenvalue weighted by atomic mass is 10.0. The maximum absolute atomic E-state index is 9.96. The molecule has 0 spiro atoms. The van der Waals surface area contributed by atoms with Gasteiger partial charge < -0.3 is 0 Å². The van der Waals surface area contributed by atoms with Gasteiger partial charge in [-0.15, -0.1) is 0 Å². The fraction of sp³-hybridized carbons (Fsp3) is 0.429. The van der Waals surface area contributed by atoms with Crippen molar-refractivity contribution in [1.29, 1.82) is 0 Å². The lowest BCUT2D eigenvalue weighted by Crippen LogP contribution is -2.38. The van der Waals surface area contributed by atoms with E-state index >= 15 is 0 Å². The van der Waals surface area contributed by atoms with Gasteiger partial charge in [0.25, 0.3) is 0 Å². The fourth-order valence-corrected chi connectivity index (χ4v) is 1.42. The third kappa shape index (κ3) is 2.86. The molecule has 16 heavy (non-hydrogen) atoms. The quantitative estimate of drug-likeness (QED) is 0.757. The molecule has 0 atom stereocenters. The maximum Gasteiger partial charge on any atom is 0.0640 e. The van der Waals surface area contributed by atoms with Gasteiger partial charge in [0.1, 0.15) is 0 Å². The van der Waals surface area contributed by atoms with Crippen molar-refractivity contribution in [3.63, 3.8) is 0 Å². The van der Waals surface area contributed by atoms with E-state index in [0.29, 0.717) is 0 Å². The summed E-state index contributed by atoms with van der Waals surface area (Å²) in [6.07, 6.45) is 2.08. The Balaban J connectivity index is 2.96. The first-order valence-electron chi connectivity index (χ1n) is 5.58. The van der Waals surface area contributed by atoms with Crippen LogP contribution in [0.2, 0.25) is 0 Å². The molecule has 88 valence electrons. The van der Waals surface area contributed by atoms with E-state index < -0.39 is 0 Å². The predicted octanol–water partition coefficient (Wildman–Crippen LogP) is 4.10. The van der Waals surface area contributed by atoms with Gasteiger partial charge in [0.15, 0.2) is 0 Å². The van der Waals surface area contributed by atoms with E-state index in [2.05, 4.69) is 13.0 Å². The van der Waals surface area contributed by atoms with Gasteiger partial charge in [-0.1, -0.05) is 18.2 Å². The topological polar surface area (TPSA) is 23.5 Å². The van der Waals surface area contributed by atoms with Crippen LogP contribution in [0.3, 0.4) is 0 Å². The Kier molecular flexibility index (Phi) is 3.76. The summed E-state index contributed by atoms with van der Waals surface area (Å²) in [5, 5.41) is 11.3. The number of nitrogens with zero attached hydrogens (tertiary/aromatic N) is 1. The molecule has 2 nitrogen and oxygen atoms in total. The zero-order valence-corrected chi connectivity index (χ0v) is 10.8. The Bertz CT molecular complexity index is 371. The van der Waals surface area contributed by atoms with Crippen LogP contribution >= 0.6 is 0 Å². The zero-order valence-electron chi connectivity index (χ0n) is 10.8. The molecule has 1 aromatic rings. The van der Waals surface area contributed by atoms with Gasteiger partial charge in [-0.05, 0) is 57.9 Å². The van der Waals surface area contributed by atoms with Crippen molar-refractivity contribution in [3.05, 3.63) is 35.9 Å². The summed E-state index contributed by atoms with van der Waals surface area (Å²) >= 11 is 0. The number of hydrogen-bond donors (Lipinski definition) is 1. The molecule has 0 radical (unpaired) electrons. The van der Waals surface area contributed by atoms with Crippen LogP contribution in [0.5, 0.6) is 0 Å². The van der Waals surface area contributed by atoms with E-state index in [9.17, 15) is 5.21 Å². The summed E-state index contributed by atoms with van der Waals surface area (Å²) in [6.45, 7) is 10.0. The van der Waals surface area contributed by atoms with Crippen LogP contribution in [-0.2, 0) is 0 Å². The largest absolute Gasteiger partial charge is 0.288 e. The van der Waals surface area contributed by atoms with Crippen LogP contribution in [0.4, 0.5) is 5.69 Å². The maximum atomic E-state index is 9.96. The molecule has 0 aromatic heterocycles. The second kappa shape index (κ2) is 4.71. The second-order valence-corrected chi connectivity index (χ2v) is 5.00. The number of hydrogen-bond acceptors (Lipinski definition) is 2. The van der Waals surface area contributed by atoms with Crippen molar-refractivity contribution in [1.82, 2.24) is 0 Å². The summed E-state index contributed by atoms with van der Waals surface area (Å²) in [5.41, 5.74) is 2.97. The van der Waals surface area contributed by atoms with E-state index in [4.69, 9.17) is 0 Å². The van der Waals surface area contributed by atoms with Gasteiger partial charge in [-0.3, -0.25) is 10.3 Å². The third-order valence-electron chi connectivity index (χ3n) is 2.64. The molecule has 0 bridgehead atoms. The molecule has 1 N–H and O–H groups in total. The minimum Gasteiger partial charge on any atom is -0.288 e. The SMILES string of the molecule is C/C=C(/C)c1ccc(N(O)C(C)(C)C)cc1.